The second-order valence-corrected chi connectivity index (χ2v) is 9.14. The molecule has 2 saturated heterocycles. The van der Waals surface area contributed by atoms with E-state index in [1.54, 1.807) is 5.38 Å². The van der Waals surface area contributed by atoms with Crippen molar-refractivity contribution in [3.05, 3.63) is 22.3 Å². The molecule has 0 radical (unpaired) electrons. The van der Waals surface area contributed by atoms with Crippen molar-refractivity contribution < 1.29 is 53.8 Å². The summed E-state index contributed by atoms with van der Waals surface area (Å²) < 4.78 is 5.42. The van der Waals surface area contributed by atoms with Gasteiger partial charge in [-0.25, -0.2) is 4.98 Å². The van der Waals surface area contributed by atoms with Crippen LogP contribution in [-0.2, 0) is 19.2 Å². The van der Waals surface area contributed by atoms with Crippen LogP contribution in [0.4, 0.5) is 5.13 Å². The zero-order valence-corrected chi connectivity index (χ0v) is 21.3. The number of anilines is 1. The first-order valence-corrected chi connectivity index (χ1v) is 11.4. The molecule has 3 atom stereocenters. The van der Waals surface area contributed by atoms with Gasteiger partial charge < -0.3 is 25.7 Å². The number of thiocarbonyl (C=S) groups is 1. The molecule has 31 heavy (non-hydrogen) atoms. The molecule has 2 amide bonds. The summed E-state index contributed by atoms with van der Waals surface area (Å²) in [4.78, 5) is 35.8. The van der Waals surface area contributed by atoms with Gasteiger partial charge in [0.15, 0.2) is 10.8 Å². The van der Waals surface area contributed by atoms with Gasteiger partial charge in [-0.05, 0) is 17.0 Å². The molecule has 10 nitrogen and oxygen atoms in total. The van der Waals surface area contributed by atoms with Crippen molar-refractivity contribution >= 4 is 63.0 Å². The first-order valence-electron chi connectivity index (χ1n) is 9.02. The molecule has 1 aromatic heterocycles. The molecule has 14 heteroatoms. The zero-order chi connectivity index (χ0) is 21.4. The predicted octanol–water partition coefficient (Wildman–Crippen LogP) is -3.54. The number of amides is 2. The molecule has 3 aliphatic rings. The number of rotatable bonds is 6. The van der Waals surface area contributed by atoms with E-state index in [0.29, 0.717) is 19.0 Å². The van der Waals surface area contributed by atoms with Crippen LogP contribution in [0.1, 0.15) is 12.1 Å². The zero-order valence-electron chi connectivity index (χ0n) is 16.8. The summed E-state index contributed by atoms with van der Waals surface area (Å²) in [7, 11) is 1.30. The average molecular weight is 492 g/mol. The van der Waals surface area contributed by atoms with Crippen molar-refractivity contribution in [1.82, 2.24) is 15.2 Å². The Morgan fingerprint density at radius 2 is 2.32 bits per heavy atom. The third-order valence-electron chi connectivity index (χ3n) is 5.06. The Labute approximate surface area is 213 Å². The van der Waals surface area contributed by atoms with Crippen LogP contribution >= 0.6 is 35.3 Å². The van der Waals surface area contributed by atoms with Crippen molar-refractivity contribution in [2.24, 2.45) is 11.1 Å². The molecule has 0 bridgehead atoms. The third kappa shape index (κ3) is 4.63. The molecular weight excluding hydrogens is 473 g/mol. The van der Waals surface area contributed by atoms with Gasteiger partial charge in [-0.3, -0.25) is 14.5 Å². The summed E-state index contributed by atoms with van der Waals surface area (Å²) in [5.41, 5.74) is 6.91. The number of nitrogen functional groups attached to an aromatic ring is 1. The molecular formula is C17H18N5NaO5S3. The van der Waals surface area contributed by atoms with E-state index in [1.165, 1.54) is 23.8 Å². The van der Waals surface area contributed by atoms with Crippen LogP contribution in [0.15, 0.2) is 21.8 Å². The van der Waals surface area contributed by atoms with Gasteiger partial charge in [-0.2, -0.15) is 0 Å². The monoisotopic (exact) mass is 491 g/mol. The number of carbonyl (C=O) groups is 2. The number of ether oxygens (including phenoxy) is 1. The average Bonchev–Trinajstić information content (AvgIpc) is 3.40. The number of aromatic nitrogens is 1. The number of hydrogen-bond donors (Lipinski definition) is 2. The smallest absolute Gasteiger partial charge is 0.863 e. The van der Waals surface area contributed by atoms with E-state index in [9.17, 15) is 14.7 Å². The summed E-state index contributed by atoms with van der Waals surface area (Å²) in [6.45, 7) is 1.14. The molecule has 2 fully saturated rings. The minimum Gasteiger partial charge on any atom is -0.863 e. The van der Waals surface area contributed by atoms with Gasteiger partial charge in [0.1, 0.15) is 24.2 Å². The van der Waals surface area contributed by atoms with E-state index in [-0.39, 0.29) is 63.6 Å². The largest absolute Gasteiger partial charge is 1.00 e. The number of oxime groups is 1. The van der Waals surface area contributed by atoms with Crippen LogP contribution < -0.4 is 45.7 Å². The van der Waals surface area contributed by atoms with E-state index in [4.69, 9.17) is 27.5 Å². The fourth-order valence-corrected chi connectivity index (χ4v) is 5.89. The molecule has 0 aliphatic carbocycles. The standard InChI is InChI=1S/C17H19N5O5S3.Na/c1-26-21-10(9-6-30-17(18)19-9)13(23)20-11-14(24)22-12(16(25)28)8(5-29-15(11)22)7-2-3-27-4-7;/h6-7,11,15H,2-5H2,1H3,(H2,18,19)(H,20,23)(H,25,28);/q;+1/p-1/b21-10+;/t7?,11?,15-;/m1./s1. The maximum atomic E-state index is 12.9. The second-order valence-electron chi connectivity index (χ2n) is 6.78. The Kier molecular flexibility index (Phi) is 8.00. The van der Waals surface area contributed by atoms with Crippen molar-refractivity contribution in [1.29, 1.82) is 0 Å². The molecule has 4 rings (SSSR count). The Balaban J connectivity index is 0.00000272. The molecule has 4 heterocycles. The molecule has 2 unspecified atom stereocenters. The van der Waals surface area contributed by atoms with Gasteiger partial charge in [0.05, 0.1) is 6.61 Å². The van der Waals surface area contributed by atoms with Crippen molar-refractivity contribution in [2.45, 2.75) is 17.8 Å². The molecule has 3 aliphatic heterocycles. The van der Waals surface area contributed by atoms with Crippen LogP contribution in [-0.4, -0.2) is 70.0 Å². The quantitative estimate of drug-likeness (QED) is 0.136. The van der Waals surface area contributed by atoms with Crippen LogP contribution in [0.25, 0.3) is 0 Å². The van der Waals surface area contributed by atoms with E-state index < -0.39 is 22.4 Å². The minimum atomic E-state index is -0.814. The van der Waals surface area contributed by atoms with E-state index in [1.807, 2.05) is 0 Å². The van der Waals surface area contributed by atoms with Crippen molar-refractivity contribution in [3.8, 4) is 0 Å². The summed E-state index contributed by atoms with van der Waals surface area (Å²) in [5, 5.41) is 19.4. The number of nitrogens with two attached hydrogens (primary N) is 1. The fraction of sp³-hybridized carbons (Fsp3) is 0.471. The van der Waals surface area contributed by atoms with E-state index in [0.717, 1.165) is 23.3 Å². The number of β-lactam (4-membered cyclic amide) rings is 1. The molecule has 0 spiro atoms. The first kappa shape index (κ1) is 24.4. The molecule has 160 valence electrons. The summed E-state index contributed by atoms with van der Waals surface area (Å²) >= 11 is 7.55. The first-order chi connectivity index (χ1) is 14.4. The molecule has 0 saturated carbocycles. The normalized spacial score (nSPS) is 25.5. The Morgan fingerprint density at radius 3 is 2.90 bits per heavy atom. The Morgan fingerprint density at radius 1 is 1.55 bits per heavy atom. The summed E-state index contributed by atoms with van der Waals surface area (Å²) in [6, 6.07) is -0.814. The van der Waals surface area contributed by atoms with Gasteiger partial charge in [0.25, 0.3) is 11.8 Å². The molecule has 0 aromatic carbocycles. The SMILES string of the molecule is CO/N=C(/C(=O)NC1C(=O)N2C(C([O-])=S)=C(C3CCOC3)CS[C@H]12)c1csc(N)n1.[Na+]. The third-order valence-corrected chi connectivity index (χ3v) is 7.23. The summed E-state index contributed by atoms with van der Waals surface area (Å²) in [6.07, 6.45) is 0.794. The van der Waals surface area contributed by atoms with Crippen molar-refractivity contribution in [2.75, 3.05) is 31.8 Å². The number of nitrogens with one attached hydrogen (secondary N) is 1. The number of thiazole rings is 1. The van der Waals surface area contributed by atoms with Gasteiger partial charge in [-0.1, -0.05) is 17.4 Å². The Bertz CT molecular complexity index is 962. The number of carbonyl (C=O) groups excluding carboxylic acids is 2. The molecule has 1 aromatic rings. The van der Waals surface area contributed by atoms with Gasteiger partial charge in [-0.15, -0.1) is 23.1 Å². The van der Waals surface area contributed by atoms with Gasteiger partial charge >= 0.3 is 29.6 Å². The topological polar surface area (TPSA) is 142 Å². The number of thioether (sulfide) groups is 1. The maximum Gasteiger partial charge on any atom is 1.00 e. The van der Waals surface area contributed by atoms with Gasteiger partial charge in [0, 0.05) is 29.4 Å². The number of fused-ring (bicyclic) bond motifs is 1. The van der Waals surface area contributed by atoms with Crippen molar-refractivity contribution in [3.63, 3.8) is 0 Å². The van der Waals surface area contributed by atoms with E-state index >= 15 is 0 Å². The van der Waals surface area contributed by atoms with Crippen LogP contribution in [0.3, 0.4) is 0 Å². The predicted molar refractivity (Wildman–Crippen MR) is 114 cm³/mol. The number of hydrogen-bond acceptors (Lipinski definition) is 11. The fourth-order valence-electron chi connectivity index (χ4n) is 3.66. The minimum absolute atomic E-state index is 0. The molecule has 3 N–H and O–H groups in total. The maximum absolute atomic E-state index is 12.9. The van der Waals surface area contributed by atoms with Gasteiger partial charge in [0.2, 0.25) is 0 Å². The van der Waals surface area contributed by atoms with Crippen LogP contribution in [0.5, 0.6) is 0 Å². The Hall–Kier alpha value is -1.22. The van der Waals surface area contributed by atoms with Crippen LogP contribution in [0.2, 0.25) is 0 Å². The second kappa shape index (κ2) is 10.1. The van der Waals surface area contributed by atoms with Crippen LogP contribution in [0, 0.1) is 5.92 Å². The summed E-state index contributed by atoms with van der Waals surface area (Å²) in [5.74, 6) is -0.378. The van der Waals surface area contributed by atoms with E-state index in [2.05, 4.69) is 15.5 Å². The number of nitrogens with zero attached hydrogens (tertiary/aromatic N) is 3.